The molecule has 5 nitrogen and oxygen atoms in total. The van der Waals surface area contributed by atoms with Crippen LogP contribution in [0.5, 0.6) is 0 Å². The average Bonchev–Trinajstić information content (AvgIpc) is 3.82. The molecule has 0 aliphatic rings. The highest BCUT2D eigenvalue weighted by Gasteiger charge is 2.33. The van der Waals surface area contributed by atoms with Crippen LogP contribution in [-0.2, 0) is 0 Å². The van der Waals surface area contributed by atoms with E-state index < -0.39 is 15.8 Å². The van der Waals surface area contributed by atoms with Crippen LogP contribution in [0.3, 0.4) is 0 Å². The number of hydrogen-bond donors (Lipinski definition) is 0. The summed E-state index contributed by atoms with van der Waals surface area (Å²) < 4.78 is 30.3. The molecule has 0 saturated heterocycles. The van der Waals surface area contributed by atoms with Gasteiger partial charge in [-0.25, -0.2) is 0 Å². The molecule has 7 heteroatoms. The van der Waals surface area contributed by atoms with Crippen LogP contribution >= 0.6 is 15.8 Å². The molecule has 0 unspecified atom stereocenters. The Hall–Kier alpha value is -4.30. The molecule has 0 aliphatic carbocycles. The van der Waals surface area contributed by atoms with Crippen molar-refractivity contribution in [2.75, 3.05) is 0 Å². The van der Waals surface area contributed by atoms with E-state index in [2.05, 4.69) is 44.2 Å². The first-order valence-electron chi connectivity index (χ1n) is 13.2. The van der Waals surface area contributed by atoms with Crippen LogP contribution in [0, 0.1) is 13.8 Å². The number of benzene rings is 2. The van der Waals surface area contributed by atoms with Gasteiger partial charge in [-0.2, -0.15) is 0 Å². The minimum absolute atomic E-state index is 0.793. The Kier molecular flexibility index (Phi) is 6.84. The van der Waals surface area contributed by atoms with Gasteiger partial charge in [-0.05, 0) is 102 Å². The van der Waals surface area contributed by atoms with Crippen molar-refractivity contribution in [3.05, 3.63) is 133 Å². The minimum atomic E-state index is -1.23. The smallest absolute Gasteiger partial charge is 0.137 e. The third-order valence-electron chi connectivity index (χ3n) is 7.04. The van der Waals surface area contributed by atoms with Gasteiger partial charge in [-0.3, -0.25) is 0 Å². The molecule has 0 bridgehead atoms. The molecule has 7 rings (SSSR count). The predicted octanol–water partition coefficient (Wildman–Crippen LogP) is 7.12. The van der Waals surface area contributed by atoms with E-state index in [1.165, 1.54) is 0 Å². The first-order valence-corrected chi connectivity index (χ1v) is 15.9. The van der Waals surface area contributed by atoms with E-state index in [-0.39, 0.29) is 0 Å². The summed E-state index contributed by atoms with van der Waals surface area (Å²) in [5, 5.41) is 2.27. The fourth-order valence-corrected chi connectivity index (χ4v) is 9.94. The topological polar surface area (TPSA) is 65.7 Å². The monoisotopic (exact) mass is 576 g/mol. The fourth-order valence-electron chi connectivity index (χ4n) is 5.30. The van der Waals surface area contributed by atoms with Gasteiger partial charge in [0.25, 0.3) is 0 Å². The molecule has 0 spiro atoms. The summed E-state index contributed by atoms with van der Waals surface area (Å²) in [6, 6.07) is 30.6. The van der Waals surface area contributed by atoms with Gasteiger partial charge in [-0.15, -0.1) is 0 Å². The number of aryl methyl sites for hydroxylation is 2. The molecule has 2 aromatic carbocycles. The van der Waals surface area contributed by atoms with Crippen molar-refractivity contribution in [3.8, 4) is 22.5 Å². The summed E-state index contributed by atoms with van der Waals surface area (Å²) >= 11 is 0. The van der Waals surface area contributed by atoms with Crippen LogP contribution in [0.4, 0.5) is 0 Å². The van der Waals surface area contributed by atoms with Crippen LogP contribution in [-0.4, -0.2) is 0 Å². The van der Waals surface area contributed by atoms with Crippen molar-refractivity contribution in [3.63, 3.8) is 0 Å². The zero-order chi connectivity index (χ0) is 27.8. The highest BCUT2D eigenvalue weighted by atomic mass is 31.1. The maximum Gasteiger partial charge on any atom is 0.137 e. The van der Waals surface area contributed by atoms with Crippen molar-refractivity contribution >= 4 is 48.5 Å². The molecule has 5 aromatic heterocycles. The van der Waals surface area contributed by atoms with Crippen LogP contribution in [0.2, 0.25) is 0 Å². The van der Waals surface area contributed by atoms with Gasteiger partial charge in [0.05, 0.1) is 47.2 Å². The van der Waals surface area contributed by atoms with Gasteiger partial charge in [0.1, 0.15) is 27.8 Å². The Morgan fingerprint density at radius 2 is 0.951 bits per heavy atom. The van der Waals surface area contributed by atoms with Gasteiger partial charge < -0.3 is 22.1 Å². The molecule has 0 amide bonds. The lowest BCUT2D eigenvalue weighted by molar-refractivity contribution is 0.582. The Morgan fingerprint density at radius 3 is 1.46 bits per heavy atom. The van der Waals surface area contributed by atoms with Crippen molar-refractivity contribution < 1.29 is 22.1 Å². The van der Waals surface area contributed by atoms with Crippen molar-refractivity contribution in [1.82, 2.24) is 0 Å². The van der Waals surface area contributed by atoms with E-state index >= 15 is 0 Å². The SMILES string of the molecule is Cc1cccc(P(c2ccco2)c2ccco2)c1-c1c(C)ccc(-c2ccco2)c1P(c1ccco1)c1ccco1. The molecular formula is C34H26O5P2. The summed E-state index contributed by atoms with van der Waals surface area (Å²) in [6.45, 7) is 4.34. The molecule has 5 heterocycles. The van der Waals surface area contributed by atoms with Gasteiger partial charge >= 0.3 is 0 Å². The standard InChI is InChI=1S/C34H26O5P2/c1-23-9-3-11-27(40(28-12-5-19-36-28)29-13-6-20-37-29)32(23)33-24(2)16-17-25(26-10-4-18-35-26)34(33)41(30-14-7-21-38-30)31-15-8-22-39-31/h3-22H,1-2H3. The van der Waals surface area contributed by atoms with Crippen LogP contribution in [0.1, 0.15) is 11.1 Å². The summed E-state index contributed by atoms with van der Waals surface area (Å²) in [7, 11) is -2.34. The Morgan fingerprint density at radius 1 is 0.439 bits per heavy atom. The highest BCUT2D eigenvalue weighted by molar-refractivity contribution is 7.80. The second-order valence-corrected chi connectivity index (χ2v) is 13.6. The van der Waals surface area contributed by atoms with E-state index in [0.29, 0.717) is 0 Å². The third kappa shape index (κ3) is 4.62. The molecule has 0 fully saturated rings. The summed E-state index contributed by atoms with van der Waals surface area (Å²) in [4.78, 5) is 0. The highest BCUT2D eigenvalue weighted by Crippen LogP contribution is 2.46. The fraction of sp³-hybridized carbons (Fsp3) is 0.0588. The second kappa shape index (κ2) is 10.9. The van der Waals surface area contributed by atoms with E-state index in [1.807, 2.05) is 60.7 Å². The molecule has 0 aliphatic heterocycles. The number of hydrogen-bond acceptors (Lipinski definition) is 5. The summed E-state index contributed by atoms with van der Waals surface area (Å²) in [6.07, 6.45) is 8.62. The zero-order valence-corrected chi connectivity index (χ0v) is 24.3. The summed E-state index contributed by atoms with van der Waals surface area (Å²) in [5.41, 5.74) is 9.05. The van der Waals surface area contributed by atoms with Crippen LogP contribution in [0.15, 0.2) is 144 Å². The Balaban J connectivity index is 1.59. The number of furan rings is 5. The van der Waals surface area contributed by atoms with Crippen molar-refractivity contribution in [2.24, 2.45) is 0 Å². The van der Waals surface area contributed by atoms with E-state index in [4.69, 9.17) is 22.1 Å². The first kappa shape index (κ1) is 25.7. The second-order valence-electron chi connectivity index (χ2n) is 9.58. The van der Waals surface area contributed by atoms with Crippen LogP contribution in [0.25, 0.3) is 22.5 Å². The molecule has 0 N–H and O–H groups in total. The van der Waals surface area contributed by atoms with Crippen molar-refractivity contribution in [1.29, 1.82) is 0 Å². The molecule has 202 valence electrons. The van der Waals surface area contributed by atoms with E-state index in [0.717, 1.165) is 66.2 Å². The third-order valence-corrected chi connectivity index (χ3v) is 11.6. The van der Waals surface area contributed by atoms with Gasteiger partial charge in [-0.1, -0.05) is 30.3 Å². The normalized spacial score (nSPS) is 11.6. The first-order chi connectivity index (χ1) is 20.2. The Bertz CT molecular complexity index is 1780. The van der Waals surface area contributed by atoms with Gasteiger partial charge in [0.15, 0.2) is 0 Å². The Labute approximate surface area is 239 Å². The molecule has 7 aromatic rings. The molecule has 0 radical (unpaired) electrons. The lowest BCUT2D eigenvalue weighted by Crippen LogP contribution is -2.26. The summed E-state index contributed by atoms with van der Waals surface area (Å²) in [5.74, 6) is 0.793. The predicted molar refractivity (Wildman–Crippen MR) is 166 cm³/mol. The molecular weight excluding hydrogens is 550 g/mol. The number of rotatable bonds is 8. The maximum absolute atomic E-state index is 6.11. The molecule has 0 saturated carbocycles. The van der Waals surface area contributed by atoms with E-state index in [1.54, 1.807) is 31.3 Å². The lowest BCUT2D eigenvalue weighted by atomic mass is 9.94. The van der Waals surface area contributed by atoms with Crippen LogP contribution < -0.4 is 32.6 Å². The zero-order valence-electron chi connectivity index (χ0n) is 22.5. The maximum atomic E-state index is 6.11. The average molecular weight is 577 g/mol. The van der Waals surface area contributed by atoms with E-state index in [9.17, 15) is 0 Å². The molecule has 41 heavy (non-hydrogen) atoms. The molecule has 0 atom stereocenters. The van der Waals surface area contributed by atoms with Gasteiger partial charge in [0, 0.05) is 10.9 Å². The van der Waals surface area contributed by atoms with Gasteiger partial charge in [0.2, 0.25) is 0 Å². The minimum Gasteiger partial charge on any atom is -0.464 e. The quantitative estimate of drug-likeness (QED) is 0.180. The van der Waals surface area contributed by atoms with Crippen molar-refractivity contribution in [2.45, 2.75) is 13.8 Å². The lowest BCUT2D eigenvalue weighted by Gasteiger charge is -2.26. The largest absolute Gasteiger partial charge is 0.464 e.